The second-order valence-corrected chi connectivity index (χ2v) is 6.02. The molecule has 1 aromatic rings. The zero-order chi connectivity index (χ0) is 11.1. The Labute approximate surface area is 91.5 Å². The second-order valence-electron chi connectivity index (χ2n) is 6.02. The lowest BCUT2D eigenvalue weighted by molar-refractivity contribution is 0.329. The smallest absolute Gasteiger partial charge is 0.123 e. The van der Waals surface area contributed by atoms with Gasteiger partial charge < -0.3 is 0 Å². The molecule has 0 heterocycles. The van der Waals surface area contributed by atoms with E-state index in [1.54, 1.807) is 12.1 Å². The summed E-state index contributed by atoms with van der Waals surface area (Å²) >= 11 is 0. The third kappa shape index (κ3) is 2.39. The van der Waals surface area contributed by atoms with E-state index in [-0.39, 0.29) is 5.82 Å². The van der Waals surface area contributed by atoms with Gasteiger partial charge in [0.25, 0.3) is 0 Å². The Morgan fingerprint density at radius 3 is 2.07 bits per heavy atom. The molecule has 0 unspecified atom stereocenters. The SMILES string of the molecule is CC(C)(C)CC1(c2ccc(F)cc2)CC1. The van der Waals surface area contributed by atoms with E-state index in [0.29, 0.717) is 10.8 Å². The first-order chi connectivity index (χ1) is 6.91. The normalized spacial score (nSPS) is 18.9. The Bertz CT molecular complexity index is 339. The van der Waals surface area contributed by atoms with Crippen LogP contribution in [0.1, 0.15) is 45.6 Å². The highest BCUT2D eigenvalue weighted by molar-refractivity contribution is 5.31. The third-order valence-corrected chi connectivity index (χ3v) is 3.18. The minimum absolute atomic E-state index is 0.134. The molecular weight excluding hydrogens is 187 g/mol. The maximum absolute atomic E-state index is 12.8. The van der Waals surface area contributed by atoms with Crippen LogP contribution in [0.4, 0.5) is 4.39 Å². The summed E-state index contributed by atoms with van der Waals surface area (Å²) in [6, 6.07) is 7.07. The molecule has 0 saturated heterocycles. The fraction of sp³-hybridized carbons (Fsp3) is 0.571. The van der Waals surface area contributed by atoms with Crippen LogP contribution in [0.5, 0.6) is 0 Å². The van der Waals surface area contributed by atoms with E-state index in [2.05, 4.69) is 20.8 Å². The van der Waals surface area contributed by atoms with E-state index in [0.717, 1.165) is 0 Å². The van der Waals surface area contributed by atoms with E-state index in [1.807, 2.05) is 12.1 Å². The number of rotatable bonds is 2. The van der Waals surface area contributed by atoms with Gasteiger partial charge >= 0.3 is 0 Å². The van der Waals surface area contributed by atoms with Crippen molar-refractivity contribution in [3.8, 4) is 0 Å². The van der Waals surface area contributed by atoms with Crippen LogP contribution < -0.4 is 0 Å². The zero-order valence-electron chi connectivity index (χ0n) is 9.81. The van der Waals surface area contributed by atoms with Gasteiger partial charge in [-0.15, -0.1) is 0 Å². The number of hydrogen-bond acceptors (Lipinski definition) is 0. The van der Waals surface area contributed by atoms with Gasteiger partial charge in [0.2, 0.25) is 0 Å². The van der Waals surface area contributed by atoms with Crippen molar-refractivity contribution in [3.63, 3.8) is 0 Å². The van der Waals surface area contributed by atoms with Gasteiger partial charge in [0.15, 0.2) is 0 Å². The van der Waals surface area contributed by atoms with Gasteiger partial charge in [-0.1, -0.05) is 32.9 Å². The first-order valence-corrected chi connectivity index (χ1v) is 5.67. The molecule has 1 fully saturated rings. The fourth-order valence-electron chi connectivity index (χ4n) is 2.54. The highest BCUT2D eigenvalue weighted by atomic mass is 19.1. The first kappa shape index (κ1) is 10.7. The van der Waals surface area contributed by atoms with Crippen molar-refractivity contribution >= 4 is 0 Å². The Hall–Kier alpha value is -0.850. The average molecular weight is 206 g/mol. The van der Waals surface area contributed by atoms with Crippen molar-refractivity contribution in [3.05, 3.63) is 35.6 Å². The summed E-state index contributed by atoms with van der Waals surface area (Å²) in [4.78, 5) is 0. The lowest BCUT2D eigenvalue weighted by Crippen LogP contribution is -2.17. The van der Waals surface area contributed by atoms with Gasteiger partial charge in [-0.2, -0.15) is 0 Å². The fourth-order valence-corrected chi connectivity index (χ4v) is 2.54. The maximum atomic E-state index is 12.8. The Morgan fingerprint density at radius 1 is 1.13 bits per heavy atom. The van der Waals surface area contributed by atoms with Gasteiger partial charge in [0, 0.05) is 0 Å². The molecule has 0 aromatic heterocycles. The van der Waals surface area contributed by atoms with Gasteiger partial charge in [-0.3, -0.25) is 0 Å². The Morgan fingerprint density at radius 2 is 1.67 bits per heavy atom. The molecule has 0 amide bonds. The predicted octanol–water partition coefficient (Wildman–Crippen LogP) is 4.29. The van der Waals surface area contributed by atoms with Crippen molar-refractivity contribution in [2.24, 2.45) is 5.41 Å². The van der Waals surface area contributed by atoms with Gasteiger partial charge in [-0.25, -0.2) is 4.39 Å². The predicted molar refractivity (Wildman–Crippen MR) is 61.4 cm³/mol. The van der Waals surface area contributed by atoms with Gasteiger partial charge in [0.05, 0.1) is 0 Å². The van der Waals surface area contributed by atoms with Gasteiger partial charge in [0.1, 0.15) is 5.82 Å². The number of halogens is 1. The van der Waals surface area contributed by atoms with Crippen LogP contribution in [-0.2, 0) is 5.41 Å². The third-order valence-electron chi connectivity index (χ3n) is 3.18. The first-order valence-electron chi connectivity index (χ1n) is 5.67. The summed E-state index contributed by atoms with van der Waals surface area (Å²) in [6.45, 7) is 6.82. The monoisotopic (exact) mass is 206 g/mol. The Balaban J connectivity index is 2.20. The average Bonchev–Trinajstić information content (AvgIpc) is 2.83. The molecule has 0 N–H and O–H groups in total. The van der Waals surface area contributed by atoms with Crippen LogP contribution in [0.3, 0.4) is 0 Å². The number of benzene rings is 1. The van der Waals surface area contributed by atoms with Gasteiger partial charge in [-0.05, 0) is 47.8 Å². The molecule has 0 bridgehead atoms. The molecule has 0 radical (unpaired) electrons. The summed E-state index contributed by atoms with van der Waals surface area (Å²) in [7, 11) is 0. The molecule has 82 valence electrons. The molecule has 1 aromatic carbocycles. The number of hydrogen-bond donors (Lipinski definition) is 0. The van der Waals surface area contributed by atoms with Crippen molar-refractivity contribution in [2.45, 2.75) is 45.4 Å². The van der Waals surface area contributed by atoms with Crippen LogP contribution in [0.15, 0.2) is 24.3 Å². The summed E-state index contributed by atoms with van der Waals surface area (Å²) in [6.07, 6.45) is 3.72. The Kier molecular flexibility index (Phi) is 2.37. The van der Waals surface area contributed by atoms with Crippen molar-refractivity contribution in [1.29, 1.82) is 0 Å². The lowest BCUT2D eigenvalue weighted by Gasteiger charge is -2.26. The van der Waals surface area contributed by atoms with Crippen LogP contribution in [-0.4, -0.2) is 0 Å². The summed E-state index contributed by atoms with van der Waals surface area (Å²) in [5.41, 5.74) is 2.02. The summed E-state index contributed by atoms with van der Waals surface area (Å²) in [5, 5.41) is 0. The summed E-state index contributed by atoms with van der Waals surface area (Å²) in [5.74, 6) is -0.134. The maximum Gasteiger partial charge on any atom is 0.123 e. The molecular formula is C14H19F. The molecule has 0 aliphatic heterocycles. The highest BCUT2D eigenvalue weighted by Crippen LogP contribution is 2.54. The topological polar surface area (TPSA) is 0 Å². The van der Waals surface area contributed by atoms with Crippen LogP contribution in [0.25, 0.3) is 0 Å². The molecule has 1 aliphatic rings. The van der Waals surface area contributed by atoms with Crippen LogP contribution >= 0.6 is 0 Å². The lowest BCUT2D eigenvalue weighted by atomic mass is 9.79. The molecule has 1 saturated carbocycles. The molecule has 0 atom stereocenters. The molecule has 0 nitrogen and oxygen atoms in total. The van der Waals surface area contributed by atoms with E-state index in [4.69, 9.17) is 0 Å². The zero-order valence-corrected chi connectivity index (χ0v) is 9.81. The molecule has 1 heteroatoms. The minimum atomic E-state index is -0.134. The van der Waals surface area contributed by atoms with E-state index >= 15 is 0 Å². The van der Waals surface area contributed by atoms with E-state index < -0.39 is 0 Å². The largest absolute Gasteiger partial charge is 0.207 e. The molecule has 2 rings (SSSR count). The van der Waals surface area contributed by atoms with Crippen molar-refractivity contribution < 1.29 is 4.39 Å². The molecule has 15 heavy (non-hydrogen) atoms. The van der Waals surface area contributed by atoms with Crippen molar-refractivity contribution in [1.82, 2.24) is 0 Å². The molecule has 0 spiro atoms. The van der Waals surface area contributed by atoms with E-state index in [1.165, 1.54) is 24.8 Å². The van der Waals surface area contributed by atoms with Crippen LogP contribution in [0.2, 0.25) is 0 Å². The van der Waals surface area contributed by atoms with Crippen LogP contribution in [0, 0.1) is 11.2 Å². The van der Waals surface area contributed by atoms with E-state index in [9.17, 15) is 4.39 Å². The standard InChI is InChI=1S/C14H19F/c1-13(2,3)10-14(8-9-14)11-4-6-12(15)7-5-11/h4-7H,8-10H2,1-3H3. The van der Waals surface area contributed by atoms with Crippen molar-refractivity contribution in [2.75, 3.05) is 0 Å². The minimum Gasteiger partial charge on any atom is -0.207 e. The molecule has 1 aliphatic carbocycles. The summed E-state index contributed by atoms with van der Waals surface area (Å²) < 4.78 is 12.8. The quantitative estimate of drug-likeness (QED) is 0.677. The second kappa shape index (κ2) is 3.33. The highest BCUT2D eigenvalue weighted by Gasteiger charge is 2.46.